The fraction of sp³-hybridized carbons (Fsp3) is 0.857. The first kappa shape index (κ1) is 15.8. The van der Waals surface area contributed by atoms with Crippen molar-refractivity contribution >= 4 is 6.03 Å². The Balaban J connectivity index is 4.35. The van der Waals surface area contributed by atoms with Crippen LogP contribution in [-0.2, 0) is 0 Å². The summed E-state index contributed by atoms with van der Waals surface area (Å²) in [6, 6.07) is -1.45. The molecule has 0 aromatic heterocycles. The van der Waals surface area contributed by atoms with Gasteiger partial charge in [-0.2, -0.15) is 26.3 Å². The average Bonchev–Trinajstić information content (AvgIpc) is 2.10. The summed E-state index contributed by atoms with van der Waals surface area (Å²) in [6.07, 6.45) is -9.37. The minimum absolute atomic E-state index is 0.172. The number of nitrogens with zero attached hydrogens (tertiary/aromatic N) is 1. The lowest BCUT2D eigenvalue weighted by Crippen LogP contribution is -2.48. The van der Waals surface area contributed by atoms with Crippen molar-refractivity contribution in [1.29, 1.82) is 0 Å². The summed E-state index contributed by atoms with van der Waals surface area (Å²) in [5.74, 6) is 0. The summed E-state index contributed by atoms with van der Waals surface area (Å²) in [5, 5.41) is 1.34. The molecule has 2 amide bonds. The molecule has 0 aliphatic carbocycles. The molecule has 0 aromatic carbocycles. The summed E-state index contributed by atoms with van der Waals surface area (Å²) in [4.78, 5) is 11.2. The molecule has 0 fully saturated rings. The summed E-state index contributed by atoms with van der Waals surface area (Å²) in [6.45, 7) is -4.10. The topological polar surface area (TPSA) is 58.4 Å². The molecular weight excluding hydrogens is 256 g/mol. The molecule has 3 N–H and O–H groups in total. The lowest BCUT2D eigenvalue weighted by molar-refractivity contribution is -0.140. The number of rotatable bonds is 4. The van der Waals surface area contributed by atoms with Crippen molar-refractivity contribution in [3.63, 3.8) is 0 Å². The van der Waals surface area contributed by atoms with Crippen LogP contribution < -0.4 is 11.1 Å². The largest absolute Gasteiger partial charge is 0.406 e. The first-order chi connectivity index (χ1) is 7.55. The fourth-order valence-electron chi connectivity index (χ4n) is 0.912. The van der Waals surface area contributed by atoms with Crippen molar-refractivity contribution in [2.24, 2.45) is 5.73 Å². The first-order valence-corrected chi connectivity index (χ1v) is 4.41. The normalized spacial score (nSPS) is 12.4. The van der Waals surface area contributed by atoms with Crippen molar-refractivity contribution in [3.8, 4) is 0 Å². The second kappa shape index (κ2) is 5.94. The van der Waals surface area contributed by atoms with E-state index in [1.807, 2.05) is 0 Å². The Morgan fingerprint density at radius 3 is 2.00 bits per heavy atom. The fourth-order valence-corrected chi connectivity index (χ4v) is 0.912. The molecule has 0 rings (SSSR count). The third-order valence-corrected chi connectivity index (χ3v) is 1.50. The van der Waals surface area contributed by atoms with E-state index in [0.29, 0.717) is 0 Å². The molecule has 0 saturated carbocycles. The molecule has 0 heterocycles. The minimum atomic E-state index is -4.69. The highest BCUT2D eigenvalue weighted by Gasteiger charge is 2.34. The van der Waals surface area contributed by atoms with Crippen LogP contribution in [0.4, 0.5) is 31.1 Å². The zero-order valence-electron chi connectivity index (χ0n) is 8.53. The Hall–Kier alpha value is -1.19. The van der Waals surface area contributed by atoms with Gasteiger partial charge in [0.05, 0.1) is 0 Å². The summed E-state index contributed by atoms with van der Waals surface area (Å²) < 4.78 is 71.1. The number of nitrogens with two attached hydrogens (primary N) is 1. The van der Waals surface area contributed by atoms with Gasteiger partial charge in [-0.05, 0) is 0 Å². The Morgan fingerprint density at radius 2 is 1.65 bits per heavy atom. The minimum Gasteiger partial charge on any atom is -0.329 e. The highest BCUT2D eigenvalue weighted by atomic mass is 19.4. The lowest BCUT2D eigenvalue weighted by atomic mass is 10.4. The second-order valence-corrected chi connectivity index (χ2v) is 3.10. The Labute approximate surface area is 92.7 Å². The molecule has 102 valence electrons. The van der Waals surface area contributed by atoms with Gasteiger partial charge < -0.3 is 16.0 Å². The van der Waals surface area contributed by atoms with Crippen LogP contribution in [0, 0.1) is 0 Å². The van der Waals surface area contributed by atoms with Crippen LogP contribution in [0.1, 0.15) is 0 Å². The maximum absolute atomic E-state index is 12.0. The SMILES string of the molecule is NCCN(CC(F)(F)F)C(=O)NCC(F)(F)F. The Kier molecular flexibility index (Phi) is 5.52. The smallest absolute Gasteiger partial charge is 0.329 e. The van der Waals surface area contributed by atoms with E-state index < -0.39 is 38.0 Å². The standard InChI is InChI=1S/C7H11F6N3O/c8-6(9,10)3-15-5(17)16(2-1-14)4-7(11,12)13/h1-4,14H2,(H,15,17). The molecular formula is C7H11F6N3O. The van der Waals surface area contributed by atoms with Crippen LogP contribution in [0.5, 0.6) is 0 Å². The van der Waals surface area contributed by atoms with Gasteiger partial charge in [0.25, 0.3) is 0 Å². The van der Waals surface area contributed by atoms with Crippen molar-refractivity contribution in [2.75, 3.05) is 26.2 Å². The van der Waals surface area contributed by atoms with Crippen LogP contribution in [0.25, 0.3) is 0 Å². The number of carbonyl (C=O) groups is 1. The van der Waals surface area contributed by atoms with Gasteiger partial charge in [-0.1, -0.05) is 0 Å². The molecule has 0 saturated heterocycles. The van der Waals surface area contributed by atoms with Gasteiger partial charge in [-0.3, -0.25) is 0 Å². The molecule has 0 spiro atoms. The van der Waals surface area contributed by atoms with E-state index in [-0.39, 0.29) is 11.4 Å². The van der Waals surface area contributed by atoms with E-state index in [9.17, 15) is 31.1 Å². The maximum Gasteiger partial charge on any atom is 0.406 e. The maximum atomic E-state index is 12.0. The quantitative estimate of drug-likeness (QED) is 0.749. The molecule has 0 unspecified atom stereocenters. The number of halogens is 6. The molecule has 0 aliphatic heterocycles. The number of hydrogen-bond donors (Lipinski definition) is 2. The molecule has 10 heteroatoms. The van der Waals surface area contributed by atoms with Gasteiger partial charge in [0.2, 0.25) is 0 Å². The summed E-state index contributed by atoms with van der Waals surface area (Å²) in [5.41, 5.74) is 4.96. The summed E-state index contributed by atoms with van der Waals surface area (Å²) >= 11 is 0. The summed E-state index contributed by atoms with van der Waals surface area (Å²) in [7, 11) is 0. The van der Waals surface area contributed by atoms with E-state index in [0.717, 1.165) is 0 Å². The van der Waals surface area contributed by atoms with Gasteiger partial charge in [0, 0.05) is 13.1 Å². The van der Waals surface area contributed by atoms with Crippen LogP contribution in [-0.4, -0.2) is 49.5 Å². The van der Waals surface area contributed by atoms with Crippen LogP contribution in [0.2, 0.25) is 0 Å². The Bertz CT molecular complexity index is 251. The van der Waals surface area contributed by atoms with Crippen molar-refractivity contribution in [1.82, 2.24) is 10.2 Å². The van der Waals surface area contributed by atoms with Gasteiger partial charge in [0.15, 0.2) is 0 Å². The number of alkyl halides is 6. The Morgan fingerprint density at radius 1 is 1.12 bits per heavy atom. The van der Waals surface area contributed by atoms with E-state index in [1.165, 1.54) is 5.32 Å². The number of nitrogens with one attached hydrogen (secondary N) is 1. The van der Waals surface area contributed by atoms with E-state index in [1.54, 1.807) is 0 Å². The molecule has 0 aliphatic rings. The lowest BCUT2D eigenvalue weighted by Gasteiger charge is -2.23. The zero-order chi connectivity index (χ0) is 13.7. The van der Waals surface area contributed by atoms with Gasteiger partial charge in [-0.25, -0.2) is 4.79 Å². The van der Waals surface area contributed by atoms with Gasteiger partial charge >= 0.3 is 18.4 Å². The predicted octanol–water partition coefficient (Wildman–Crippen LogP) is 1.08. The third-order valence-electron chi connectivity index (χ3n) is 1.50. The highest BCUT2D eigenvalue weighted by molar-refractivity contribution is 5.74. The number of hydrogen-bond acceptors (Lipinski definition) is 2. The average molecular weight is 267 g/mol. The van der Waals surface area contributed by atoms with E-state index >= 15 is 0 Å². The number of urea groups is 1. The molecule has 17 heavy (non-hydrogen) atoms. The van der Waals surface area contributed by atoms with Crippen LogP contribution in [0.3, 0.4) is 0 Å². The van der Waals surface area contributed by atoms with Crippen LogP contribution >= 0.6 is 0 Å². The zero-order valence-corrected chi connectivity index (χ0v) is 8.53. The third kappa shape index (κ3) is 8.60. The van der Waals surface area contributed by atoms with Crippen molar-refractivity contribution in [2.45, 2.75) is 12.4 Å². The first-order valence-electron chi connectivity index (χ1n) is 4.41. The van der Waals surface area contributed by atoms with Crippen LogP contribution in [0.15, 0.2) is 0 Å². The molecule has 0 bridgehead atoms. The second-order valence-electron chi connectivity index (χ2n) is 3.10. The van der Waals surface area contributed by atoms with Crippen molar-refractivity contribution < 1.29 is 31.1 Å². The molecule has 0 radical (unpaired) electrons. The highest BCUT2D eigenvalue weighted by Crippen LogP contribution is 2.17. The molecule has 0 atom stereocenters. The monoisotopic (exact) mass is 267 g/mol. The van der Waals surface area contributed by atoms with Gasteiger partial charge in [-0.15, -0.1) is 0 Å². The number of carbonyl (C=O) groups excluding carboxylic acids is 1. The number of amides is 2. The van der Waals surface area contributed by atoms with Gasteiger partial charge in [0.1, 0.15) is 13.1 Å². The van der Waals surface area contributed by atoms with Crippen molar-refractivity contribution in [3.05, 3.63) is 0 Å². The molecule has 4 nitrogen and oxygen atoms in total. The van der Waals surface area contributed by atoms with E-state index in [4.69, 9.17) is 5.73 Å². The predicted molar refractivity (Wildman–Crippen MR) is 46.1 cm³/mol. The van der Waals surface area contributed by atoms with E-state index in [2.05, 4.69) is 0 Å². The molecule has 0 aromatic rings.